The van der Waals surface area contributed by atoms with Crippen LogP contribution in [-0.2, 0) is 24.0 Å². The fourth-order valence-electron chi connectivity index (χ4n) is 5.51. The van der Waals surface area contributed by atoms with Gasteiger partial charge in [-0.1, -0.05) is 20.3 Å². The average molecular weight is 574 g/mol. The molecule has 3 N–H and O–H groups in total. The summed E-state index contributed by atoms with van der Waals surface area (Å²) in [5, 5.41) is 19.2. The molecule has 1 saturated heterocycles. The first-order valence-electron chi connectivity index (χ1n) is 14.4. The number of rotatable bonds is 13. The first-order valence-corrected chi connectivity index (χ1v) is 15.5. The van der Waals surface area contributed by atoms with Crippen molar-refractivity contribution in [1.82, 2.24) is 23.7 Å². The summed E-state index contributed by atoms with van der Waals surface area (Å²) in [4.78, 5) is 24.0. The van der Waals surface area contributed by atoms with Gasteiger partial charge < -0.3 is 24.5 Å². The molecule has 1 fully saturated rings. The number of nitrogens with zero attached hydrogens (tertiary/aromatic N) is 4. The number of ether oxygens (including phenoxy) is 1. The second kappa shape index (κ2) is 13.9. The summed E-state index contributed by atoms with van der Waals surface area (Å²) >= 11 is 0. The Hall–Kier alpha value is -2.57. The Morgan fingerprint density at radius 3 is 2.40 bits per heavy atom. The van der Waals surface area contributed by atoms with Gasteiger partial charge in [-0.3, -0.25) is 9.69 Å². The van der Waals surface area contributed by atoms with Crippen LogP contribution < -0.4 is 10.3 Å². The largest absolute Gasteiger partial charge is 0.493 e. The number of H-pyrrole nitrogens is 1. The molecule has 0 radical (unpaired) electrons. The van der Waals surface area contributed by atoms with Crippen molar-refractivity contribution in [2.75, 3.05) is 40.0 Å². The fraction of sp³-hybridized carbons (Fsp3) is 0.586. The summed E-state index contributed by atoms with van der Waals surface area (Å²) in [6.45, 7) is 8.44. The molecule has 1 aliphatic heterocycles. The molecule has 0 bridgehead atoms. The molecule has 2 aromatic heterocycles. The maximum Gasteiger partial charge on any atom is 0.275 e. The Morgan fingerprint density at radius 1 is 1.10 bits per heavy atom. The number of hydrogen-bond donors (Lipinski definition) is 3. The Bertz CT molecular complexity index is 1360. The molecule has 3 atom stereocenters. The number of aliphatic hydroxyl groups excluding tert-OH is 2. The molecule has 3 heterocycles. The second-order valence-corrected chi connectivity index (χ2v) is 11.9. The zero-order chi connectivity index (χ0) is 28.8. The summed E-state index contributed by atoms with van der Waals surface area (Å²) in [6, 6.07) is 5.45. The van der Waals surface area contributed by atoms with E-state index in [2.05, 4.69) is 16.8 Å². The molecule has 10 nitrogen and oxygen atoms in total. The predicted octanol–water partition coefficient (Wildman–Crippen LogP) is 2.92. The number of hydrogen-bond acceptors (Lipinski definition) is 7. The molecule has 11 heteroatoms. The van der Waals surface area contributed by atoms with Crippen LogP contribution in [0.25, 0.3) is 22.4 Å². The summed E-state index contributed by atoms with van der Waals surface area (Å²) in [5.41, 5.74) is 2.67. The number of aromatic amines is 1. The fourth-order valence-corrected chi connectivity index (χ4v) is 6.83. The first kappa shape index (κ1) is 30.4. The highest BCUT2D eigenvalue weighted by Gasteiger charge is 2.34. The molecule has 0 saturated carbocycles. The van der Waals surface area contributed by atoms with Crippen molar-refractivity contribution < 1.29 is 19.2 Å². The van der Waals surface area contributed by atoms with Crippen molar-refractivity contribution in [1.29, 1.82) is 0 Å². The van der Waals surface area contributed by atoms with E-state index in [1.54, 1.807) is 12.1 Å². The van der Waals surface area contributed by atoms with Gasteiger partial charge in [-0.05, 0) is 63.4 Å². The summed E-state index contributed by atoms with van der Waals surface area (Å²) in [7, 11) is 0.491. The number of likely N-dealkylation sites (N-methyl/N-ethyl adjacent to an activating group) is 1. The van der Waals surface area contributed by atoms with E-state index in [0.29, 0.717) is 72.1 Å². The number of piperazine rings is 1. The molecule has 3 aromatic rings. The lowest BCUT2D eigenvalue weighted by molar-refractivity contribution is 0.0565. The molecule has 1 aliphatic rings. The Kier molecular flexibility index (Phi) is 10.5. The maximum absolute atomic E-state index is 13.9. The minimum Gasteiger partial charge on any atom is -0.493 e. The summed E-state index contributed by atoms with van der Waals surface area (Å²) in [5.74, 6) is 0.968. The van der Waals surface area contributed by atoms with Crippen molar-refractivity contribution in [2.45, 2.75) is 76.4 Å². The molecule has 0 spiro atoms. The van der Waals surface area contributed by atoms with Crippen LogP contribution >= 0.6 is 0 Å². The highest BCUT2D eigenvalue weighted by Crippen LogP contribution is 2.32. The van der Waals surface area contributed by atoms with Gasteiger partial charge in [-0.15, -0.1) is 0 Å². The third-order valence-corrected chi connectivity index (χ3v) is 9.09. The van der Waals surface area contributed by atoms with Gasteiger partial charge in [0.1, 0.15) is 28.1 Å². The number of aryl methyl sites for hydroxylation is 2. The smallest absolute Gasteiger partial charge is 0.275 e. The average Bonchev–Trinajstić information content (AvgIpc) is 3.31. The van der Waals surface area contributed by atoms with Gasteiger partial charge in [0.15, 0.2) is 0 Å². The van der Waals surface area contributed by atoms with E-state index in [9.17, 15) is 19.2 Å². The lowest BCUT2D eigenvalue weighted by Crippen LogP contribution is -2.57. The van der Waals surface area contributed by atoms with Gasteiger partial charge >= 0.3 is 0 Å². The van der Waals surface area contributed by atoms with Crippen LogP contribution in [-0.4, -0.2) is 90.2 Å². The quantitative estimate of drug-likeness (QED) is 0.287. The highest BCUT2D eigenvalue weighted by atomic mass is 32.2. The molecule has 220 valence electrons. The molecule has 4 rings (SSSR count). The second-order valence-electron chi connectivity index (χ2n) is 10.4. The molecular formula is C29H43N5O5S. The van der Waals surface area contributed by atoms with Crippen LogP contribution in [0.5, 0.6) is 5.75 Å². The van der Waals surface area contributed by atoms with E-state index in [4.69, 9.17) is 9.72 Å². The minimum atomic E-state index is -1.50. The van der Waals surface area contributed by atoms with Crippen molar-refractivity contribution in [2.24, 2.45) is 0 Å². The maximum atomic E-state index is 13.9. The van der Waals surface area contributed by atoms with Gasteiger partial charge in [-0.2, -0.15) is 0 Å². The van der Waals surface area contributed by atoms with Gasteiger partial charge in [0.05, 0.1) is 22.6 Å². The predicted molar refractivity (Wildman–Crippen MR) is 158 cm³/mol. The number of aliphatic hydroxyl groups is 2. The summed E-state index contributed by atoms with van der Waals surface area (Å²) in [6.07, 6.45) is 5.70. The third-order valence-electron chi connectivity index (χ3n) is 7.67. The number of nitrogens with one attached hydrogen (secondary N) is 1. The molecule has 1 aromatic carbocycles. The van der Waals surface area contributed by atoms with Crippen LogP contribution in [0.4, 0.5) is 0 Å². The Labute approximate surface area is 238 Å². The molecule has 0 amide bonds. The zero-order valence-corrected chi connectivity index (χ0v) is 24.9. The van der Waals surface area contributed by atoms with Gasteiger partial charge in [-0.25, -0.2) is 13.5 Å². The molecule has 1 unspecified atom stereocenters. The normalized spacial score (nSPS) is 19.4. The number of fused-ring (bicyclic) bond motifs is 1. The van der Waals surface area contributed by atoms with E-state index in [0.717, 1.165) is 24.8 Å². The van der Waals surface area contributed by atoms with Crippen LogP contribution in [0.3, 0.4) is 0 Å². The van der Waals surface area contributed by atoms with E-state index < -0.39 is 11.0 Å². The van der Waals surface area contributed by atoms with Crippen molar-refractivity contribution >= 4 is 22.0 Å². The van der Waals surface area contributed by atoms with Gasteiger partial charge in [0, 0.05) is 51.1 Å². The first-order chi connectivity index (χ1) is 19.4. The Morgan fingerprint density at radius 2 is 1.80 bits per heavy atom. The summed E-state index contributed by atoms with van der Waals surface area (Å²) < 4.78 is 23.8. The van der Waals surface area contributed by atoms with Crippen molar-refractivity contribution in [3.05, 3.63) is 40.3 Å². The SMILES string of the molecule is CCCOc1ccc(S(=O)N2C[C@@H](CCO)N(C)[C@@H](CCO)C2)cc1-c1nc2c(CCC)cn(CC)c2c(=O)[nH]1. The van der Waals surface area contributed by atoms with E-state index in [1.807, 2.05) is 42.0 Å². The molecule has 40 heavy (non-hydrogen) atoms. The van der Waals surface area contributed by atoms with Crippen molar-refractivity contribution in [3.8, 4) is 17.1 Å². The van der Waals surface area contributed by atoms with E-state index >= 15 is 0 Å². The van der Waals surface area contributed by atoms with Crippen LogP contribution in [0, 0.1) is 0 Å². The van der Waals surface area contributed by atoms with Gasteiger partial charge in [0.25, 0.3) is 5.56 Å². The highest BCUT2D eigenvalue weighted by molar-refractivity contribution is 7.82. The topological polar surface area (TPSA) is 124 Å². The lowest BCUT2D eigenvalue weighted by atomic mass is 10.0. The molecular weight excluding hydrogens is 530 g/mol. The van der Waals surface area contributed by atoms with Crippen molar-refractivity contribution in [3.63, 3.8) is 0 Å². The van der Waals surface area contributed by atoms with Gasteiger partial charge in [0.2, 0.25) is 0 Å². The van der Waals surface area contributed by atoms with E-state index in [-0.39, 0.29) is 30.9 Å². The third kappa shape index (κ3) is 6.33. The zero-order valence-electron chi connectivity index (χ0n) is 24.1. The number of benzene rings is 1. The minimum absolute atomic E-state index is 0.0194. The molecule has 0 aliphatic carbocycles. The monoisotopic (exact) mass is 573 g/mol. The lowest BCUT2D eigenvalue weighted by Gasteiger charge is -2.44. The van der Waals surface area contributed by atoms with Crippen LogP contribution in [0.1, 0.15) is 52.0 Å². The van der Waals surface area contributed by atoms with E-state index in [1.165, 1.54) is 0 Å². The van der Waals surface area contributed by atoms with Crippen LogP contribution in [0.2, 0.25) is 0 Å². The Balaban J connectivity index is 1.77. The standard InChI is InChI=1S/C29H43N5O5S/c1-5-8-20-17-33(7-3)27-26(20)30-28(31-29(27)37)24-16-23(9-10-25(24)39-15-6-2)40(38)34-18-21(11-13-35)32(4)22(19-34)12-14-36/h9-10,16-17,21-22,35-36H,5-8,11-15,18-19H2,1-4H3,(H,30,31,37)/t21-,22+,40?. The van der Waals surface area contributed by atoms with Crippen LogP contribution in [0.15, 0.2) is 34.1 Å². The number of aromatic nitrogens is 3.